The fraction of sp³-hybridized carbons (Fsp3) is 0.923. The van der Waals surface area contributed by atoms with Gasteiger partial charge in [-0.1, -0.05) is 27.2 Å². The average molecular weight is 228 g/mol. The summed E-state index contributed by atoms with van der Waals surface area (Å²) in [6, 6.07) is 0. The zero-order chi connectivity index (χ0) is 12.2. The zero-order valence-corrected chi connectivity index (χ0v) is 11.0. The van der Waals surface area contributed by atoms with Crippen molar-refractivity contribution in [2.75, 3.05) is 6.61 Å². The minimum atomic E-state index is -0.515. The Labute approximate surface area is 98.5 Å². The van der Waals surface area contributed by atoms with Crippen molar-refractivity contribution in [1.29, 1.82) is 0 Å². The summed E-state index contributed by atoms with van der Waals surface area (Å²) in [5, 5.41) is 0. The highest BCUT2D eigenvalue weighted by Crippen LogP contribution is 2.45. The molecule has 3 heteroatoms. The number of ether oxygens (including phenoxy) is 2. The molecular formula is C13H24O3. The third-order valence-electron chi connectivity index (χ3n) is 3.57. The van der Waals surface area contributed by atoms with Gasteiger partial charge < -0.3 is 9.47 Å². The van der Waals surface area contributed by atoms with E-state index >= 15 is 0 Å². The molecule has 0 radical (unpaired) electrons. The van der Waals surface area contributed by atoms with Gasteiger partial charge in [0.1, 0.15) is 5.60 Å². The Morgan fingerprint density at radius 1 is 1.19 bits per heavy atom. The van der Waals surface area contributed by atoms with Gasteiger partial charge in [-0.15, -0.1) is 0 Å². The lowest BCUT2D eigenvalue weighted by Crippen LogP contribution is -2.48. The molecule has 0 aromatic heterocycles. The molecule has 0 spiro atoms. The summed E-state index contributed by atoms with van der Waals surface area (Å²) >= 11 is 0. The van der Waals surface area contributed by atoms with Gasteiger partial charge in [0.2, 0.25) is 0 Å². The van der Waals surface area contributed by atoms with Gasteiger partial charge in [0.15, 0.2) is 0 Å². The van der Waals surface area contributed by atoms with Crippen LogP contribution >= 0.6 is 0 Å². The third kappa shape index (κ3) is 2.89. The van der Waals surface area contributed by atoms with Crippen molar-refractivity contribution in [2.45, 2.75) is 65.4 Å². The second kappa shape index (κ2) is 5.07. The summed E-state index contributed by atoms with van der Waals surface area (Å²) in [7, 11) is 0. The van der Waals surface area contributed by atoms with Crippen molar-refractivity contribution < 1.29 is 14.3 Å². The molecule has 0 aliphatic heterocycles. The molecule has 0 heterocycles. The van der Waals surface area contributed by atoms with Gasteiger partial charge >= 0.3 is 6.16 Å². The molecule has 16 heavy (non-hydrogen) atoms. The van der Waals surface area contributed by atoms with E-state index in [9.17, 15) is 4.79 Å². The van der Waals surface area contributed by atoms with Crippen molar-refractivity contribution >= 4 is 6.16 Å². The molecule has 3 nitrogen and oxygen atoms in total. The SMILES string of the molecule is CCOC(=O)OC1(C(C)(C)C)CCCCC1. The van der Waals surface area contributed by atoms with Gasteiger partial charge in [-0.25, -0.2) is 4.79 Å². The van der Waals surface area contributed by atoms with Crippen LogP contribution in [0.2, 0.25) is 0 Å². The topological polar surface area (TPSA) is 35.5 Å². The van der Waals surface area contributed by atoms with E-state index in [1.807, 2.05) is 0 Å². The number of hydrogen-bond acceptors (Lipinski definition) is 3. The Morgan fingerprint density at radius 3 is 2.19 bits per heavy atom. The number of hydrogen-bond donors (Lipinski definition) is 0. The normalized spacial score (nSPS) is 20.2. The summed E-state index contributed by atoms with van der Waals surface area (Å²) in [5.74, 6) is 0. The standard InChI is InChI=1S/C13H24O3/c1-5-15-11(14)16-13(12(2,3)4)9-7-6-8-10-13/h5-10H2,1-4H3. The van der Waals surface area contributed by atoms with Crippen LogP contribution in [0.4, 0.5) is 4.79 Å². The summed E-state index contributed by atoms with van der Waals surface area (Å²) in [6.07, 6.45) is 4.90. The first-order valence-electron chi connectivity index (χ1n) is 6.27. The smallest absolute Gasteiger partial charge is 0.435 e. The van der Waals surface area contributed by atoms with Crippen LogP contribution < -0.4 is 0 Å². The highest BCUT2D eigenvalue weighted by molar-refractivity contribution is 5.60. The summed E-state index contributed by atoms with van der Waals surface area (Å²) in [4.78, 5) is 11.5. The first-order valence-corrected chi connectivity index (χ1v) is 6.27. The summed E-state index contributed by atoms with van der Waals surface area (Å²) in [5.41, 5.74) is -0.363. The van der Waals surface area contributed by atoms with Gasteiger partial charge in [-0.05, 0) is 32.6 Å². The van der Waals surface area contributed by atoms with E-state index in [0.717, 1.165) is 25.7 Å². The second-order valence-electron chi connectivity index (χ2n) is 5.59. The zero-order valence-electron chi connectivity index (χ0n) is 11.0. The van der Waals surface area contributed by atoms with E-state index in [4.69, 9.17) is 9.47 Å². The average Bonchev–Trinajstić information content (AvgIpc) is 2.17. The molecule has 0 bridgehead atoms. The monoisotopic (exact) mass is 228 g/mol. The molecule has 0 atom stereocenters. The van der Waals surface area contributed by atoms with Gasteiger partial charge in [0, 0.05) is 5.41 Å². The van der Waals surface area contributed by atoms with Crippen molar-refractivity contribution in [2.24, 2.45) is 5.41 Å². The number of carbonyl (C=O) groups is 1. The van der Waals surface area contributed by atoms with Crippen molar-refractivity contribution in [3.8, 4) is 0 Å². The molecule has 94 valence electrons. The van der Waals surface area contributed by atoms with Gasteiger partial charge in [-0.3, -0.25) is 0 Å². The molecule has 1 rings (SSSR count). The quantitative estimate of drug-likeness (QED) is 0.672. The highest BCUT2D eigenvalue weighted by atomic mass is 16.7. The largest absolute Gasteiger partial charge is 0.508 e. The van der Waals surface area contributed by atoms with Gasteiger partial charge in [0.05, 0.1) is 6.61 Å². The Balaban J connectivity index is 2.75. The lowest BCUT2D eigenvalue weighted by atomic mass is 9.68. The van der Waals surface area contributed by atoms with Crippen LogP contribution in [0.25, 0.3) is 0 Å². The molecule has 0 N–H and O–H groups in total. The molecule has 1 aliphatic carbocycles. The molecule has 0 unspecified atom stereocenters. The lowest BCUT2D eigenvalue weighted by molar-refractivity contribution is -0.114. The molecule has 0 aromatic rings. The fourth-order valence-corrected chi connectivity index (χ4v) is 2.43. The third-order valence-corrected chi connectivity index (χ3v) is 3.57. The number of carbonyl (C=O) groups excluding carboxylic acids is 1. The van der Waals surface area contributed by atoms with E-state index in [1.165, 1.54) is 6.42 Å². The first kappa shape index (κ1) is 13.3. The molecule has 1 aliphatic rings. The maximum Gasteiger partial charge on any atom is 0.508 e. The molecule has 1 saturated carbocycles. The van der Waals surface area contributed by atoms with Crippen LogP contribution in [-0.4, -0.2) is 18.4 Å². The van der Waals surface area contributed by atoms with Crippen molar-refractivity contribution in [3.63, 3.8) is 0 Å². The maximum absolute atomic E-state index is 11.5. The van der Waals surface area contributed by atoms with Crippen LogP contribution in [0.3, 0.4) is 0 Å². The van der Waals surface area contributed by atoms with Crippen LogP contribution in [-0.2, 0) is 9.47 Å². The Morgan fingerprint density at radius 2 is 1.75 bits per heavy atom. The highest BCUT2D eigenvalue weighted by Gasteiger charge is 2.46. The van der Waals surface area contributed by atoms with Gasteiger partial charge in [-0.2, -0.15) is 0 Å². The van der Waals surface area contributed by atoms with Crippen molar-refractivity contribution in [1.82, 2.24) is 0 Å². The molecule has 0 aromatic carbocycles. The van der Waals surface area contributed by atoms with E-state index < -0.39 is 6.16 Å². The van der Waals surface area contributed by atoms with E-state index in [1.54, 1.807) is 6.92 Å². The van der Waals surface area contributed by atoms with Gasteiger partial charge in [0.25, 0.3) is 0 Å². The Kier molecular flexibility index (Phi) is 4.22. The molecule has 0 saturated heterocycles. The second-order valence-corrected chi connectivity index (χ2v) is 5.59. The van der Waals surface area contributed by atoms with Crippen LogP contribution in [0.1, 0.15) is 59.8 Å². The number of rotatable bonds is 2. The minimum Gasteiger partial charge on any atom is -0.435 e. The van der Waals surface area contributed by atoms with Crippen molar-refractivity contribution in [3.05, 3.63) is 0 Å². The lowest BCUT2D eigenvalue weighted by Gasteiger charge is -2.45. The fourth-order valence-electron chi connectivity index (χ4n) is 2.43. The predicted molar refractivity (Wildman–Crippen MR) is 63.4 cm³/mol. The Hall–Kier alpha value is -0.730. The Bertz CT molecular complexity index is 234. The van der Waals surface area contributed by atoms with E-state index in [0.29, 0.717) is 6.61 Å². The molecule has 1 fully saturated rings. The minimum absolute atomic E-state index is 0.0276. The van der Waals surface area contributed by atoms with E-state index in [2.05, 4.69) is 20.8 Å². The molecular weight excluding hydrogens is 204 g/mol. The maximum atomic E-state index is 11.5. The molecule has 0 amide bonds. The first-order chi connectivity index (χ1) is 7.41. The summed E-state index contributed by atoms with van der Waals surface area (Å²) < 4.78 is 10.5. The van der Waals surface area contributed by atoms with Crippen LogP contribution in [0.5, 0.6) is 0 Å². The summed E-state index contributed by atoms with van der Waals surface area (Å²) in [6.45, 7) is 8.58. The van der Waals surface area contributed by atoms with Crippen LogP contribution in [0, 0.1) is 5.41 Å². The van der Waals surface area contributed by atoms with E-state index in [-0.39, 0.29) is 11.0 Å². The van der Waals surface area contributed by atoms with Crippen LogP contribution in [0.15, 0.2) is 0 Å². The predicted octanol–water partition coefficient (Wildman–Crippen LogP) is 3.91.